The van der Waals surface area contributed by atoms with Gasteiger partial charge in [0.05, 0.1) is 6.61 Å². The van der Waals surface area contributed by atoms with Gasteiger partial charge >= 0.3 is 0 Å². The van der Waals surface area contributed by atoms with Crippen molar-refractivity contribution < 1.29 is 4.74 Å². The Labute approximate surface area is 150 Å². The van der Waals surface area contributed by atoms with Crippen molar-refractivity contribution in [1.29, 1.82) is 0 Å². The van der Waals surface area contributed by atoms with E-state index in [-0.39, 0.29) is 0 Å². The van der Waals surface area contributed by atoms with Gasteiger partial charge in [-0.1, -0.05) is 23.8 Å². The van der Waals surface area contributed by atoms with Gasteiger partial charge in [-0.3, -0.25) is 0 Å². The minimum Gasteiger partial charge on any atom is -0.493 e. The average Bonchev–Trinajstić information content (AvgIpc) is 3.10. The molecule has 1 saturated heterocycles. The van der Waals surface area contributed by atoms with Crippen molar-refractivity contribution in [3.05, 3.63) is 53.2 Å². The van der Waals surface area contributed by atoms with Crippen LogP contribution in [0.15, 0.2) is 36.5 Å². The van der Waals surface area contributed by atoms with E-state index in [1.54, 1.807) is 0 Å². The Morgan fingerprint density at radius 1 is 1.16 bits per heavy atom. The standard InChI is InChI=1S/C21H27N3O/c1-16-6-8-20-18(13-16)19(5-4-12-25-20)22-14-17-7-9-21(23-15-17)24-10-2-3-11-24/h6-9,13,15,19,22H,2-5,10-12,14H2,1H3/t19-/m0/s1. The van der Waals surface area contributed by atoms with Gasteiger partial charge in [0.1, 0.15) is 11.6 Å². The normalized spacial score (nSPS) is 20.0. The predicted molar refractivity (Wildman–Crippen MR) is 101 cm³/mol. The van der Waals surface area contributed by atoms with Crippen LogP contribution in [0.4, 0.5) is 5.82 Å². The van der Waals surface area contributed by atoms with Crippen LogP contribution in [0.1, 0.15) is 48.4 Å². The SMILES string of the molecule is Cc1ccc2c(c1)[C@@H](NCc1ccc(N3CCCC3)nc1)CCCO2. The largest absolute Gasteiger partial charge is 0.493 e. The number of nitrogens with zero attached hydrogens (tertiary/aromatic N) is 2. The molecule has 3 heterocycles. The molecular formula is C21H27N3O. The maximum atomic E-state index is 5.90. The number of rotatable bonds is 4. The average molecular weight is 337 g/mol. The predicted octanol–water partition coefficient (Wildman–Crippen LogP) is 3.99. The maximum Gasteiger partial charge on any atom is 0.128 e. The highest BCUT2D eigenvalue weighted by Crippen LogP contribution is 2.32. The van der Waals surface area contributed by atoms with Crippen LogP contribution >= 0.6 is 0 Å². The number of nitrogens with one attached hydrogen (secondary N) is 1. The molecule has 1 atom stereocenters. The molecule has 0 saturated carbocycles. The fraction of sp³-hybridized carbons (Fsp3) is 0.476. The lowest BCUT2D eigenvalue weighted by Crippen LogP contribution is -2.21. The quantitative estimate of drug-likeness (QED) is 0.915. The zero-order valence-electron chi connectivity index (χ0n) is 15.0. The Morgan fingerprint density at radius 2 is 2.04 bits per heavy atom. The third-order valence-corrected chi connectivity index (χ3v) is 5.23. The number of aryl methyl sites for hydroxylation is 1. The molecule has 1 aromatic carbocycles. The van der Waals surface area contributed by atoms with Crippen molar-refractivity contribution in [1.82, 2.24) is 10.3 Å². The van der Waals surface area contributed by atoms with Crippen LogP contribution in [0.25, 0.3) is 0 Å². The van der Waals surface area contributed by atoms with Crippen molar-refractivity contribution in [3.63, 3.8) is 0 Å². The minimum absolute atomic E-state index is 0.343. The van der Waals surface area contributed by atoms with Crippen molar-refractivity contribution in [2.24, 2.45) is 0 Å². The number of aromatic nitrogens is 1. The lowest BCUT2D eigenvalue weighted by Gasteiger charge is -2.20. The Morgan fingerprint density at radius 3 is 2.84 bits per heavy atom. The number of hydrogen-bond donors (Lipinski definition) is 1. The molecule has 0 radical (unpaired) electrons. The summed E-state index contributed by atoms with van der Waals surface area (Å²) < 4.78 is 5.90. The highest BCUT2D eigenvalue weighted by Gasteiger charge is 2.19. The zero-order chi connectivity index (χ0) is 17.1. The summed E-state index contributed by atoms with van der Waals surface area (Å²) in [7, 11) is 0. The van der Waals surface area contributed by atoms with Crippen molar-refractivity contribution in [2.75, 3.05) is 24.6 Å². The van der Waals surface area contributed by atoms with Gasteiger partial charge in [-0.2, -0.15) is 0 Å². The molecule has 1 aromatic heterocycles. The van der Waals surface area contributed by atoms with Crippen LogP contribution in [0.3, 0.4) is 0 Å². The van der Waals surface area contributed by atoms with Gasteiger partial charge in [0.2, 0.25) is 0 Å². The summed E-state index contributed by atoms with van der Waals surface area (Å²) in [6.45, 7) is 6.07. The Kier molecular flexibility index (Phi) is 4.88. The van der Waals surface area contributed by atoms with E-state index in [4.69, 9.17) is 4.74 Å². The van der Waals surface area contributed by atoms with Crippen LogP contribution in [0.5, 0.6) is 5.75 Å². The molecule has 25 heavy (non-hydrogen) atoms. The molecule has 2 aliphatic heterocycles. The third kappa shape index (κ3) is 3.79. The third-order valence-electron chi connectivity index (χ3n) is 5.23. The smallest absolute Gasteiger partial charge is 0.128 e. The number of pyridine rings is 1. The monoisotopic (exact) mass is 337 g/mol. The van der Waals surface area contributed by atoms with E-state index >= 15 is 0 Å². The molecule has 4 rings (SSSR count). The summed E-state index contributed by atoms with van der Waals surface area (Å²) in [5.74, 6) is 2.15. The summed E-state index contributed by atoms with van der Waals surface area (Å²) in [4.78, 5) is 7.04. The topological polar surface area (TPSA) is 37.4 Å². The lowest BCUT2D eigenvalue weighted by atomic mass is 10.00. The molecule has 0 aliphatic carbocycles. The summed E-state index contributed by atoms with van der Waals surface area (Å²) in [5, 5.41) is 3.72. The molecule has 0 amide bonds. The second kappa shape index (κ2) is 7.44. The van der Waals surface area contributed by atoms with E-state index in [0.717, 1.165) is 50.7 Å². The molecule has 4 nitrogen and oxygen atoms in total. The van der Waals surface area contributed by atoms with Crippen molar-refractivity contribution in [2.45, 2.75) is 45.2 Å². The van der Waals surface area contributed by atoms with E-state index in [2.05, 4.69) is 52.5 Å². The van der Waals surface area contributed by atoms with Crippen LogP contribution in [0, 0.1) is 6.92 Å². The number of benzene rings is 1. The first kappa shape index (κ1) is 16.4. The molecule has 2 aliphatic rings. The molecule has 1 N–H and O–H groups in total. The van der Waals surface area contributed by atoms with Gasteiger partial charge in [0, 0.05) is 37.4 Å². The van der Waals surface area contributed by atoms with Gasteiger partial charge in [0.15, 0.2) is 0 Å². The van der Waals surface area contributed by atoms with E-state index in [1.165, 1.54) is 29.5 Å². The summed E-state index contributed by atoms with van der Waals surface area (Å²) >= 11 is 0. The van der Waals surface area contributed by atoms with Gasteiger partial charge in [-0.25, -0.2) is 4.98 Å². The second-order valence-corrected chi connectivity index (χ2v) is 7.18. The summed E-state index contributed by atoms with van der Waals surface area (Å²) in [5.41, 5.74) is 3.81. The first-order valence-corrected chi connectivity index (χ1v) is 9.46. The molecule has 0 unspecified atom stereocenters. The number of fused-ring (bicyclic) bond motifs is 1. The van der Waals surface area contributed by atoms with Gasteiger partial charge in [0.25, 0.3) is 0 Å². The number of ether oxygens (including phenoxy) is 1. The van der Waals surface area contributed by atoms with Crippen LogP contribution in [0.2, 0.25) is 0 Å². The van der Waals surface area contributed by atoms with Gasteiger partial charge in [-0.15, -0.1) is 0 Å². The van der Waals surface area contributed by atoms with Gasteiger partial charge in [-0.05, 0) is 50.3 Å². The van der Waals surface area contributed by atoms with E-state index in [0.29, 0.717) is 6.04 Å². The molecule has 132 valence electrons. The fourth-order valence-corrected chi connectivity index (χ4v) is 3.80. The molecule has 0 spiro atoms. The lowest BCUT2D eigenvalue weighted by molar-refractivity contribution is 0.315. The van der Waals surface area contributed by atoms with Crippen LogP contribution < -0.4 is 15.0 Å². The molecular weight excluding hydrogens is 310 g/mol. The molecule has 2 aromatic rings. The summed E-state index contributed by atoms with van der Waals surface area (Å²) in [6.07, 6.45) is 6.78. The Hall–Kier alpha value is -2.07. The molecule has 4 heteroatoms. The minimum atomic E-state index is 0.343. The Balaban J connectivity index is 1.43. The fourth-order valence-electron chi connectivity index (χ4n) is 3.80. The van der Waals surface area contributed by atoms with Crippen LogP contribution in [-0.2, 0) is 6.54 Å². The highest BCUT2D eigenvalue weighted by molar-refractivity contribution is 5.41. The Bertz CT molecular complexity index is 708. The first-order chi connectivity index (χ1) is 12.3. The zero-order valence-corrected chi connectivity index (χ0v) is 15.0. The number of anilines is 1. The van der Waals surface area contributed by atoms with E-state index in [9.17, 15) is 0 Å². The highest BCUT2D eigenvalue weighted by atomic mass is 16.5. The van der Waals surface area contributed by atoms with E-state index < -0.39 is 0 Å². The molecule has 0 bridgehead atoms. The maximum absolute atomic E-state index is 5.90. The number of hydrogen-bond acceptors (Lipinski definition) is 4. The van der Waals surface area contributed by atoms with Crippen molar-refractivity contribution in [3.8, 4) is 5.75 Å². The molecule has 1 fully saturated rings. The van der Waals surface area contributed by atoms with Gasteiger partial charge < -0.3 is 15.0 Å². The summed E-state index contributed by atoms with van der Waals surface area (Å²) in [6, 6.07) is 11.2. The first-order valence-electron chi connectivity index (χ1n) is 9.46. The second-order valence-electron chi connectivity index (χ2n) is 7.18. The van der Waals surface area contributed by atoms with E-state index in [1.807, 2.05) is 6.20 Å². The van der Waals surface area contributed by atoms with Crippen molar-refractivity contribution >= 4 is 5.82 Å². The van der Waals surface area contributed by atoms with Crippen LogP contribution in [-0.4, -0.2) is 24.7 Å².